The molecule has 2 amide bonds. The number of likely N-dealkylation sites (N-methyl/N-ethyl adjacent to an activating group) is 1. The first-order chi connectivity index (χ1) is 11.6. The van der Waals surface area contributed by atoms with Crippen LogP contribution in [0.4, 0.5) is 10.5 Å². The molecule has 2 heterocycles. The second kappa shape index (κ2) is 7.01. The summed E-state index contributed by atoms with van der Waals surface area (Å²) in [5.41, 5.74) is 2.26. The van der Waals surface area contributed by atoms with Crippen molar-refractivity contribution < 1.29 is 14.3 Å². The van der Waals surface area contributed by atoms with Crippen LogP contribution in [0.5, 0.6) is 0 Å². The Kier molecular flexibility index (Phi) is 4.99. The van der Waals surface area contributed by atoms with Crippen molar-refractivity contribution in [3.05, 3.63) is 28.2 Å². The fourth-order valence-electron chi connectivity index (χ4n) is 3.73. The van der Waals surface area contributed by atoms with E-state index in [0.717, 1.165) is 16.6 Å². The maximum Gasteiger partial charge on any atom is 0.409 e. The van der Waals surface area contributed by atoms with Crippen LogP contribution < -0.4 is 10.2 Å². The lowest BCUT2D eigenvalue weighted by atomic mass is 9.89. The van der Waals surface area contributed by atoms with Gasteiger partial charge in [0.1, 0.15) is 0 Å². The molecule has 1 saturated heterocycles. The molecule has 0 unspecified atom stereocenters. The lowest BCUT2D eigenvalue weighted by Gasteiger charge is -2.38. The van der Waals surface area contributed by atoms with Crippen molar-refractivity contribution in [3.63, 3.8) is 0 Å². The summed E-state index contributed by atoms with van der Waals surface area (Å²) >= 11 is 3.62. The van der Waals surface area contributed by atoms with Gasteiger partial charge in [-0.05, 0) is 40.9 Å². The van der Waals surface area contributed by atoms with Crippen molar-refractivity contribution in [1.82, 2.24) is 10.2 Å². The van der Waals surface area contributed by atoms with Gasteiger partial charge in [0.2, 0.25) is 5.91 Å². The van der Waals surface area contributed by atoms with Crippen LogP contribution in [0.2, 0.25) is 0 Å². The molecule has 0 bridgehead atoms. The fraction of sp³-hybridized carbons (Fsp3) is 0.529. The number of anilines is 1. The molecule has 2 aliphatic heterocycles. The average molecular weight is 396 g/mol. The van der Waals surface area contributed by atoms with E-state index in [0.29, 0.717) is 26.2 Å². The number of hydrogen-bond acceptors (Lipinski definition) is 4. The van der Waals surface area contributed by atoms with Gasteiger partial charge in [-0.2, -0.15) is 0 Å². The van der Waals surface area contributed by atoms with Gasteiger partial charge in [0.15, 0.2) is 0 Å². The summed E-state index contributed by atoms with van der Waals surface area (Å²) in [4.78, 5) is 28.0. The van der Waals surface area contributed by atoms with Gasteiger partial charge in [-0.1, -0.05) is 12.1 Å². The van der Waals surface area contributed by atoms with Crippen LogP contribution in [0.15, 0.2) is 22.7 Å². The van der Waals surface area contributed by atoms with Crippen molar-refractivity contribution in [2.24, 2.45) is 0 Å². The van der Waals surface area contributed by atoms with Crippen LogP contribution in [0.1, 0.15) is 24.8 Å². The van der Waals surface area contributed by atoms with Gasteiger partial charge in [0.05, 0.1) is 18.8 Å². The smallest absolute Gasteiger partial charge is 0.409 e. The minimum atomic E-state index is -0.253. The largest absolute Gasteiger partial charge is 0.450 e. The molecule has 0 aromatic heterocycles. The fourth-order valence-corrected chi connectivity index (χ4v) is 4.34. The molecule has 130 valence electrons. The predicted octanol–water partition coefficient (Wildman–Crippen LogP) is 2.33. The Morgan fingerprint density at radius 1 is 1.42 bits per heavy atom. The first kappa shape index (κ1) is 17.1. The molecule has 2 aliphatic rings. The SMILES string of the molecule is CCOC(=O)N1CC[C@H]2[C@@H](C1)c1cccc(Br)c1N2CC(=O)NC. The van der Waals surface area contributed by atoms with Gasteiger partial charge in [-0.25, -0.2) is 4.79 Å². The van der Waals surface area contributed by atoms with Gasteiger partial charge in [-0.15, -0.1) is 0 Å². The van der Waals surface area contributed by atoms with Crippen LogP contribution in [-0.2, 0) is 9.53 Å². The molecule has 1 N–H and O–H groups in total. The van der Waals surface area contributed by atoms with Crippen molar-refractivity contribution in [2.75, 3.05) is 38.2 Å². The van der Waals surface area contributed by atoms with E-state index in [1.165, 1.54) is 5.56 Å². The number of amides is 2. The predicted molar refractivity (Wildman–Crippen MR) is 95.3 cm³/mol. The molecule has 0 aliphatic carbocycles. The summed E-state index contributed by atoms with van der Waals surface area (Å²) in [5.74, 6) is 0.186. The summed E-state index contributed by atoms with van der Waals surface area (Å²) in [6.07, 6.45) is 0.568. The van der Waals surface area contributed by atoms with Crippen LogP contribution in [-0.4, -0.2) is 56.2 Å². The number of nitrogens with one attached hydrogen (secondary N) is 1. The number of halogens is 1. The van der Waals surface area contributed by atoms with Crippen molar-refractivity contribution in [1.29, 1.82) is 0 Å². The third kappa shape index (κ3) is 2.97. The monoisotopic (exact) mass is 395 g/mol. The Hall–Kier alpha value is -1.76. The average Bonchev–Trinajstić information content (AvgIpc) is 2.89. The Labute approximate surface area is 150 Å². The molecule has 0 saturated carbocycles. The molecule has 1 aromatic rings. The Bertz CT molecular complexity index is 652. The number of benzene rings is 1. The number of carbonyl (C=O) groups excluding carboxylic acids is 2. The Balaban J connectivity index is 1.90. The highest BCUT2D eigenvalue weighted by Gasteiger charge is 2.44. The number of nitrogens with zero attached hydrogens (tertiary/aromatic N) is 2. The van der Waals surface area contributed by atoms with E-state index >= 15 is 0 Å². The molecule has 1 aromatic carbocycles. The van der Waals surface area contributed by atoms with Crippen molar-refractivity contribution in [3.8, 4) is 0 Å². The van der Waals surface area contributed by atoms with E-state index in [1.54, 1.807) is 11.9 Å². The van der Waals surface area contributed by atoms with Gasteiger partial charge >= 0.3 is 6.09 Å². The number of para-hydroxylation sites is 1. The minimum Gasteiger partial charge on any atom is -0.450 e. The standard InChI is InChI=1S/C17H22BrN3O3/c1-3-24-17(23)20-8-7-14-12(9-20)11-5-4-6-13(18)16(11)21(14)10-15(22)19-2/h4-6,12,14H,3,7-10H2,1-2H3,(H,19,22)/t12-,14-/m0/s1. The van der Waals surface area contributed by atoms with E-state index in [-0.39, 0.29) is 24.0 Å². The van der Waals surface area contributed by atoms with Crippen molar-refractivity contribution in [2.45, 2.75) is 25.3 Å². The zero-order chi connectivity index (χ0) is 17.3. The van der Waals surface area contributed by atoms with E-state index in [1.807, 2.05) is 19.1 Å². The zero-order valence-electron chi connectivity index (χ0n) is 13.9. The number of piperidine rings is 1. The maximum atomic E-state index is 12.1. The first-order valence-electron chi connectivity index (χ1n) is 8.24. The molecular weight excluding hydrogens is 374 g/mol. The summed E-state index contributed by atoms with van der Waals surface area (Å²) < 4.78 is 6.14. The summed E-state index contributed by atoms with van der Waals surface area (Å²) in [6.45, 7) is 3.80. The number of hydrogen-bond donors (Lipinski definition) is 1. The number of carbonyl (C=O) groups is 2. The van der Waals surface area contributed by atoms with Gasteiger partial charge in [0, 0.05) is 36.6 Å². The second-order valence-electron chi connectivity index (χ2n) is 6.09. The van der Waals surface area contributed by atoms with Crippen LogP contribution in [0.3, 0.4) is 0 Å². The highest BCUT2D eigenvalue weighted by Crippen LogP contribution is 2.47. The van der Waals surface area contributed by atoms with Crippen molar-refractivity contribution >= 4 is 33.6 Å². The van der Waals surface area contributed by atoms with Gasteiger partial charge in [0.25, 0.3) is 0 Å². The second-order valence-corrected chi connectivity index (χ2v) is 6.94. The lowest BCUT2D eigenvalue weighted by molar-refractivity contribution is -0.119. The first-order valence-corrected chi connectivity index (χ1v) is 9.03. The molecule has 3 rings (SSSR count). The minimum absolute atomic E-state index is 0.00910. The topological polar surface area (TPSA) is 61.9 Å². The molecule has 0 spiro atoms. The number of ether oxygens (including phenoxy) is 1. The molecule has 7 heteroatoms. The maximum absolute atomic E-state index is 12.1. The highest BCUT2D eigenvalue weighted by atomic mass is 79.9. The van der Waals surface area contributed by atoms with Crippen LogP contribution >= 0.6 is 15.9 Å². The quantitative estimate of drug-likeness (QED) is 0.852. The van der Waals surface area contributed by atoms with E-state index < -0.39 is 0 Å². The van der Waals surface area contributed by atoms with E-state index in [2.05, 4.69) is 32.2 Å². The highest BCUT2D eigenvalue weighted by molar-refractivity contribution is 9.10. The molecule has 0 radical (unpaired) electrons. The van der Waals surface area contributed by atoms with Gasteiger partial charge < -0.3 is 19.9 Å². The number of fused-ring (bicyclic) bond motifs is 3. The Morgan fingerprint density at radius 2 is 2.21 bits per heavy atom. The summed E-state index contributed by atoms with van der Waals surface area (Å²) in [5, 5.41) is 2.70. The number of likely N-dealkylation sites (tertiary alicyclic amines) is 1. The summed E-state index contributed by atoms with van der Waals surface area (Å²) in [6, 6.07) is 6.32. The van der Waals surface area contributed by atoms with Crippen LogP contribution in [0.25, 0.3) is 0 Å². The van der Waals surface area contributed by atoms with Gasteiger partial charge in [-0.3, -0.25) is 4.79 Å². The zero-order valence-corrected chi connectivity index (χ0v) is 15.5. The molecule has 2 atom stereocenters. The third-order valence-electron chi connectivity index (χ3n) is 4.80. The lowest BCUT2D eigenvalue weighted by Crippen LogP contribution is -2.50. The molecule has 1 fully saturated rings. The molecular formula is C17H22BrN3O3. The Morgan fingerprint density at radius 3 is 2.92 bits per heavy atom. The number of rotatable bonds is 3. The van der Waals surface area contributed by atoms with E-state index in [9.17, 15) is 9.59 Å². The molecule has 24 heavy (non-hydrogen) atoms. The normalized spacial score (nSPS) is 22.0. The van der Waals surface area contributed by atoms with E-state index in [4.69, 9.17) is 4.74 Å². The van der Waals surface area contributed by atoms with Crippen LogP contribution in [0, 0.1) is 0 Å². The molecule has 6 nitrogen and oxygen atoms in total. The summed E-state index contributed by atoms with van der Waals surface area (Å²) in [7, 11) is 1.65. The third-order valence-corrected chi connectivity index (χ3v) is 5.44.